The van der Waals surface area contributed by atoms with Crippen molar-refractivity contribution in [1.82, 2.24) is 9.55 Å². The van der Waals surface area contributed by atoms with Gasteiger partial charge in [-0.15, -0.1) is 0 Å². The molecule has 0 saturated heterocycles. The van der Waals surface area contributed by atoms with Crippen molar-refractivity contribution in [1.29, 1.82) is 0 Å². The van der Waals surface area contributed by atoms with Crippen LogP contribution in [0.4, 0.5) is 5.95 Å². The van der Waals surface area contributed by atoms with Crippen molar-refractivity contribution in [2.45, 2.75) is 32.9 Å². The van der Waals surface area contributed by atoms with Gasteiger partial charge in [0.25, 0.3) is 5.56 Å². The number of rotatable bonds is 3. The average Bonchev–Trinajstić information content (AvgIpc) is 2.63. The molecule has 0 atom stereocenters. The summed E-state index contributed by atoms with van der Waals surface area (Å²) in [5, 5.41) is 0.701. The van der Waals surface area contributed by atoms with Crippen LogP contribution in [-0.2, 0) is 19.5 Å². The van der Waals surface area contributed by atoms with E-state index in [4.69, 9.17) is 4.98 Å². The van der Waals surface area contributed by atoms with Crippen LogP contribution in [0.15, 0.2) is 53.3 Å². The molecule has 122 valence electrons. The van der Waals surface area contributed by atoms with E-state index in [1.165, 1.54) is 11.1 Å². The van der Waals surface area contributed by atoms with Gasteiger partial charge in [-0.05, 0) is 36.1 Å². The summed E-state index contributed by atoms with van der Waals surface area (Å²) in [6.45, 7) is 4.50. The second-order valence-electron chi connectivity index (χ2n) is 6.33. The first-order valence-corrected chi connectivity index (χ1v) is 8.59. The van der Waals surface area contributed by atoms with Crippen molar-refractivity contribution in [3.05, 3.63) is 70.0 Å². The van der Waals surface area contributed by atoms with Gasteiger partial charge in [-0.3, -0.25) is 9.36 Å². The van der Waals surface area contributed by atoms with E-state index in [2.05, 4.69) is 36.1 Å². The lowest BCUT2D eigenvalue weighted by atomic mass is 10.0. The van der Waals surface area contributed by atoms with Gasteiger partial charge in [0.05, 0.1) is 10.9 Å². The lowest BCUT2D eigenvalue weighted by Gasteiger charge is -2.31. The molecule has 3 aromatic rings. The standard InChI is InChI=1S/C20H21N3O/c1-2-12-23-19(24)17-9-5-6-10-18(17)21-20(23)22-13-11-15-7-3-4-8-16(15)14-22/h3-10H,2,11-14H2,1H3. The molecule has 0 amide bonds. The molecule has 4 rings (SSSR count). The molecule has 0 saturated carbocycles. The van der Waals surface area contributed by atoms with Gasteiger partial charge in [0.15, 0.2) is 0 Å². The lowest BCUT2D eigenvalue weighted by Crippen LogP contribution is -2.36. The summed E-state index contributed by atoms with van der Waals surface area (Å²) in [5.41, 5.74) is 3.58. The molecule has 4 heteroatoms. The van der Waals surface area contributed by atoms with Crippen molar-refractivity contribution in [2.24, 2.45) is 0 Å². The van der Waals surface area contributed by atoms with E-state index in [1.54, 1.807) is 0 Å². The molecule has 1 aromatic heterocycles. The summed E-state index contributed by atoms with van der Waals surface area (Å²) in [7, 11) is 0. The minimum Gasteiger partial charge on any atom is -0.337 e. The molecule has 0 bridgehead atoms. The molecule has 0 spiro atoms. The van der Waals surface area contributed by atoms with Crippen LogP contribution in [0.5, 0.6) is 0 Å². The predicted molar refractivity (Wildman–Crippen MR) is 97.5 cm³/mol. The maximum Gasteiger partial charge on any atom is 0.262 e. The van der Waals surface area contributed by atoms with Crippen LogP contribution in [0.25, 0.3) is 10.9 Å². The van der Waals surface area contributed by atoms with E-state index in [0.29, 0.717) is 11.9 Å². The fraction of sp³-hybridized carbons (Fsp3) is 0.300. The second-order valence-corrected chi connectivity index (χ2v) is 6.33. The number of benzene rings is 2. The Morgan fingerprint density at radius 1 is 1.04 bits per heavy atom. The Labute approximate surface area is 141 Å². The maximum atomic E-state index is 12.9. The van der Waals surface area contributed by atoms with E-state index in [-0.39, 0.29) is 5.56 Å². The Morgan fingerprint density at radius 3 is 2.62 bits per heavy atom. The molecule has 0 unspecified atom stereocenters. The summed E-state index contributed by atoms with van der Waals surface area (Å²) in [4.78, 5) is 20.0. The first kappa shape index (κ1) is 14.9. The molecule has 0 radical (unpaired) electrons. The number of aromatic nitrogens is 2. The van der Waals surface area contributed by atoms with Crippen molar-refractivity contribution in [2.75, 3.05) is 11.4 Å². The smallest absolute Gasteiger partial charge is 0.262 e. The SMILES string of the molecule is CCCn1c(N2CCc3ccccc3C2)nc2ccccc2c1=O. The minimum absolute atomic E-state index is 0.0660. The Hall–Kier alpha value is -2.62. The molecular formula is C20H21N3O. The number of para-hydroxylation sites is 1. The van der Waals surface area contributed by atoms with Crippen LogP contribution < -0.4 is 10.5 Å². The van der Waals surface area contributed by atoms with Gasteiger partial charge < -0.3 is 4.90 Å². The molecule has 24 heavy (non-hydrogen) atoms. The highest BCUT2D eigenvalue weighted by Crippen LogP contribution is 2.24. The second kappa shape index (κ2) is 6.11. The fourth-order valence-electron chi connectivity index (χ4n) is 3.49. The van der Waals surface area contributed by atoms with Gasteiger partial charge in [0.1, 0.15) is 0 Å². The third kappa shape index (κ3) is 2.48. The Bertz CT molecular complexity index is 945. The fourth-order valence-corrected chi connectivity index (χ4v) is 3.49. The van der Waals surface area contributed by atoms with Crippen LogP contribution in [-0.4, -0.2) is 16.1 Å². The summed E-state index contributed by atoms with van der Waals surface area (Å²) < 4.78 is 1.84. The van der Waals surface area contributed by atoms with Gasteiger partial charge >= 0.3 is 0 Å². The normalized spacial score (nSPS) is 14.0. The first-order valence-electron chi connectivity index (χ1n) is 8.59. The number of anilines is 1. The number of nitrogens with zero attached hydrogens (tertiary/aromatic N) is 3. The average molecular weight is 319 g/mol. The zero-order chi connectivity index (χ0) is 16.5. The molecular weight excluding hydrogens is 298 g/mol. The molecule has 0 aliphatic carbocycles. The zero-order valence-corrected chi connectivity index (χ0v) is 13.9. The molecule has 2 aromatic carbocycles. The third-order valence-electron chi connectivity index (χ3n) is 4.70. The van der Waals surface area contributed by atoms with Crippen LogP contribution in [0.3, 0.4) is 0 Å². The first-order chi connectivity index (χ1) is 11.8. The molecule has 2 heterocycles. The van der Waals surface area contributed by atoms with Crippen molar-refractivity contribution in [3.8, 4) is 0 Å². The van der Waals surface area contributed by atoms with Gasteiger partial charge in [0, 0.05) is 19.6 Å². The molecule has 0 fully saturated rings. The summed E-state index contributed by atoms with van der Waals surface area (Å²) in [6, 6.07) is 16.2. The number of hydrogen-bond donors (Lipinski definition) is 0. The highest BCUT2D eigenvalue weighted by molar-refractivity contribution is 5.78. The van der Waals surface area contributed by atoms with Crippen molar-refractivity contribution >= 4 is 16.9 Å². The van der Waals surface area contributed by atoms with E-state index in [0.717, 1.165) is 37.4 Å². The van der Waals surface area contributed by atoms with E-state index in [1.807, 2.05) is 28.8 Å². The van der Waals surface area contributed by atoms with Gasteiger partial charge in [-0.25, -0.2) is 4.98 Å². The predicted octanol–water partition coefficient (Wildman–Crippen LogP) is 3.37. The van der Waals surface area contributed by atoms with Crippen LogP contribution >= 0.6 is 0 Å². The monoisotopic (exact) mass is 319 g/mol. The lowest BCUT2D eigenvalue weighted by molar-refractivity contribution is 0.607. The van der Waals surface area contributed by atoms with E-state index < -0.39 is 0 Å². The highest BCUT2D eigenvalue weighted by Gasteiger charge is 2.21. The zero-order valence-electron chi connectivity index (χ0n) is 13.9. The van der Waals surface area contributed by atoms with Crippen molar-refractivity contribution < 1.29 is 0 Å². The van der Waals surface area contributed by atoms with E-state index in [9.17, 15) is 4.79 Å². The Morgan fingerprint density at radius 2 is 1.79 bits per heavy atom. The molecule has 1 aliphatic heterocycles. The van der Waals surface area contributed by atoms with Gasteiger partial charge in [0.2, 0.25) is 5.95 Å². The number of hydrogen-bond acceptors (Lipinski definition) is 3. The molecule has 0 N–H and O–H groups in total. The van der Waals surface area contributed by atoms with Crippen LogP contribution in [0.2, 0.25) is 0 Å². The summed E-state index contributed by atoms with van der Waals surface area (Å²) in [6.07, 6.45) is 1.91. The maximum absolute atomic E-state index is 12.9. The van der Waals surface area contributed by atoms with E-state index >= 15 is 0 Å². The highest BCUT2D eigenvalue weighted by atomic mass is 16.1. The van der Waals surface area contributed by atoms with Gasteiger partial charge in [-0.1, -0.05) is 43.3 Å². The summed E-state index contributed by atoms with van der Waals surface area (Å²) >= 11 is 0. The minimum atomic E-state index is 0.0660. The quantitative estimate of drug-likeness (QED) is 0.743. The number of fused-ring (bicyclic) bond motifs is 2. The van der Waals surface area contributed by atoms with Crippen LogP contribution in [0.1, 0.15) is 24.5 Å². The van der Waals surface area contributed by atoms with Gasteiger partial charge in [-0.2, -0.15) is 0 Å². The summed E-state index contributed by atoms with van der Waals surface area (Å²) in [5.74, 6) is 0.801. The molecule has 4 nitrogen and oxygen atoms in total. The van der Waals surface area contributed by atoms with Crippen molar-refractivity contribution in [3.63, 3.8) is 0 Å². The topological polar surface area (TPSA) is 38.1 Å². The Kier molecular flexibility index (Phi) is 3.81. The van der Waals surface area contributed by atoms with Crippen LogP contribution in [0, 0.1) is 0 Å². The Balaban J connectivity index is 1.84. The third-order valence-corrected chi connectivity index (χ3v) is 4.70. The largest absolute Gasteiger partial charge is 0.337 e. The molecule has 1 aliphatic rings.